The molecule has 1 aliphatic rings. The quantitative estimate of drug-likeness (QED) is 0.865. The molecule has 1 unspecified atom stereocenters. The number of hydrogen-bond donors (Lipinski definition) is 0. The maximum atomic E-state index is 5.52. The first-order valence-corrected chi connectivity index (χ1v) is 7.58. The van der Waals surface area contributed by atoms with E-state index in [2.05, 4.69) is 40.5 Å². The van der Waals surface area contributed by atoms with Crippen LogP contribution in [0.4, 0.5) is 0 Å². The Bertz CT molecular complexity index is 593. The first kappa shape index (κ1) is 14.3. The highest BCUT2D eigenvalue weighted by atomic mass is 16.5. The molecule has 2 aromatic rings. The van der Waals surface area contributed by atoms with Crippen molar-refractivity contribution in [1.29, 1.82) is 0 Å². The maximum absolute atomic E-state index is 5.52. The second kappa shape index (κ2) is 6.41. The van der Waals surface area contributed by atoms with Crippen molar-refractivity contribution in [1.82, 2.24) is 14.7 Å². The number of benzene rings is 1. The number of ether oxygens (including phenoxy) is 1. The van der Waals surface area contributed by atoms with Gasteiger partial charge >= 0.3 is 0 Å². The normalized spacial score (nSPS) is 19.8. The molecule has 1 fully saturated rings. The van der Waals surface area contributed by atoms with E-state index in [9.17, 15) is 0 Å². The molecule has 4 nitrogen and oxygen atoms in total. The zero-order valence-electron chi connectivity index (χ0n) is 12.8. The first-order valence-electron chi connectivity index (χ1n) is 7.58. The molecule has 0 N–H and O–H groups in total. The minimum Gasteiger partial charge on any atom is -0.380 e. The lowest BCUT2D eigenvalue weighted by Crippen LogP contribution is -2.38. The van der Waals surface area contributed by atoms with Crippen LogP contribution in [0, 0.1) is 0 Å². The van der Waals surface area contributed by atoms with E-state index in [0.717, 1.165) is 19.6 Å². The van der Waals surface area contributed by atoms with Crippen molar-refractivity contribution in [2.45, 2.75) is 25.5 Å². The Morgan fingerprint density at radius 3 is 2.95 bits per heavy atom. The summed E-state index contributed by atoms with van der Waals surface area (Å²) in [5, 5.41) is 4.29. The van der Waals surface area contributed by atoms with Crippen LogP contribution in [0.3, 0.4) is 0 Å². The summed E-state index contributed by atoms with van der Waals surface area (Å²) in [5.74, 6) is 0. The van der Waals surface area contributed by atoms with Gasteiger partial charge in [-0.3, -0.25) is 9.58 Å². The molecule has 4 heteroatoms. The van der Waals surface area contributed by atoms with Gasteiger partial charge in [0.2, 0.25) is 0 Å². The van der Waals surface area contributed by atoms with Gasteiger partial charge in [-0.1, -0.05) is 24.3 Å². The summed E-state index contributed by atoms with van der Waals surface area (Å²) in [6, 6.07) is 8.62. The highest BCUT2D eigenvalue weighted by Crippen LogP contribution is 2.25. The highest BCUT2D eigenvalue weighted by molar-refractivity contribution is 5.65. The van der Waals surface area contributed by atoms with Crippen LogP contribution < -0.4 is 0 Å². The summed E-state index contributed by atoms with van der Waals surface area (Å²) >= 11 is 0. The fourth-order valence-electron chi connectivity index (χ4n) is 3.09. The molecule has 0 saturated carbocycles. The van der Waals surface area contributed by atoms with Gasteiger partial charge in [-0.2, -0.15) is 5.10 Å². The molecule has 1 atom stereocenters. The second-order valence-corrected chi connectivity index (χ2v) is 5.79. The molecule has 1 saturated heterocycles. The first-order chi connectivity index (χ1) is 10.3. The molecule has 1 aromatic heterocycles. The lowest BCUT2D eigenvalue weighted by atomic mass is 10.0. The number of nitrogens with zero attached hydrogens (tertiary/aromatic N) is 3. The minimum atomic E-state index is 0.379. The van der Waals surface area contributed by atoms with Gasteiger partial charge in [-0.05, 0) is 30.5 Å². The molecule has 0 aliphatic carbocycles. The third-order valence-corrected chi connectivity index (χ3v) is 4.22. The Balaban J connectivity index is 1.79. The standard InChI is InChI=1S/C17H23N3O/c1-19-11-15(10-18-19)17-8-4-3-6-14(17)12-20-9-5-7-16(13-20)21-2/h3-4,6,8,10-11,16H,5,7,9,12-13H2,1-2H3. The molecule has 21 heavy (non-hydrogen) atoms. The zero-order valence-corrected chi connectivity index (χ0v) is 12.8. The van der Waals surface area contributed by atoms with Crippen LogP contribution in [-0.4, -0.2) is 41.0 Å². The molecule has 0 radical (unpaired) electrons. The molecule has 0 bridgehead atoms. The van der Waals surface area contributed by atoms with Crippen molar-refractivity contribution in [2.75, 3.05) is 20.2 Å². The Morgan fingerprint density at radius 1 is 1.33 bits per heavy atom. The number of methoxy groups -OCH3 is 1. The topological polar surface area (TPSA) is 30.3 Å². The average Bonchev–Trinajstić information content (AvgIpc) is 2.94. The van der Waals surface area contributed by atoms with Gasteiger partial charge in [-0.25, -0.2) is 0 Å². The van der Waals surface area contributed by atoms with Crippen LogP contribution >= 0.6 is 0 Å². The predicted molar refractivity (Wildman–Crippen MR) is 84.0 cm³/mol. The average molecular weight is 285 g/mol. The van der Waals surface area contributed by atoms with E-state index in [1.165, 1.54) is 29.5 Å². The molecule has 112 valence electrons. The molecule has 2 heterocycles. The summed E-state index contributed by atoms with van der Waals surface area (Å²) in [7, 11) is 3.78. The van der Waals surface area contributed by atoms with Gasteiger partial charge in [0.05, 0.1) is 12.3 Å². The molecule has 1 aliphatic heterocycles. The molecular formula is C17H23N3O. The zero-order chi connectivity index (χ0) is 14.7. The summed E-state index contributed by atoms with van der Waals surface area (Å²) in [5.41, 5.74) is 3.83. The lowest BCUT2D eigenvalue weighted by molar-refractivity contribution is 0.0286. The number of hydrogen-bond acceptors (Lipinski definition) is 3. The number of piperidine rings is 1. The van der Waals surface area contributed by atoms with Gasteiger partial charge in [0.25, 0.3) is 0 Å². The van der Waals surface area contributed by atoms with Crippen LogP contribution in [0.15, 0.2) is 36.7 Å². The van der Waals surface area contributed by atoms with E-state index in [1.54, 1.807) is 0 Å². The van der Waals surface area contributed by atoms with Crippen molar-refractivity contribution in [3.05, 3.63) is 42.2 Å². The van der Waals surface area contributed by atoms with Gasteiger partial charge in [-0.15, -0.1) is 0 Å². The number of likely N-dealkylation sites (tertiary alicyclic amines) is 1. The lowest BCUT2D eigenvalue weighted by Gasteiger charge is -2.32. The molecule has 0 amide bonds. The van der Waals surface area contributed by atoms with Crippen molar-refractivity contribution in [2.24, 2.45) is 7.05 Å². The van der Waals surface area contributed by atoms with E-state index in [-0.39, 0.29) is 0 Å². The Kier molecular flexibility index (Phi) is 4.36. The smallest absolute Gasteiger partial charge is 0.0698 e. The number of aryl methyl sites for hydroxylation is 1. The van der Waals surface area contributed by atoms with Crippen LogP contribution in [0.2, 0.25) is 0 Å². The third kappa shape index (κ3) is 3.34. The summed E-state index contributed by atoms with van der Waals surface area (Å²) in [4.78, 5) is 2.49. The summed E-state index contributed by atoms with van der Waals surface area (Å²) < 4.78 is 7.38. The molecule has 3 rings (SSSR count). The fraction of sp³-hybridized carbons (Fsp3) is 0.471. The van der Waals surface area contributed by atoms with Crippen molar-refractivity contribution >= 4 is 0 Å². The number of aromatic nitrogens is 2. The highest BCUT2D eigenvalue weighted by Gasteiger charge is 2.20. The van der Waals surface area contributed by atoms with E-state index in [0.29, 0.717) is 6.10 Å². The SMILES string of the molecule is COC1CCCN(Cc2ccccc2-c2cnn(C)c2)C1. The van der Waals surface area contributed by atoms with E-state index in [4.69, 9.17) is 4.74 Å². The molecule has 1 aromatic carbocycles. The van der Waals surface area contributed by atoms with Crippen LogP contribution in [0.5, 0.6) is 0 Å². The monoisotopic (exact) mass is 285 g/mol. The molecule has 0 spiro atoms. The van der Waals surface area contributed by atoms with Gasteiger partial charge in [0.15, 0.2) is 0 Å². The van der Waals surface area contributed by atoms with E-state index >= 15 is 0 Å². The van der Waals surface area contributed by atoms with E-state index < -0.39 is 0 Å². The largest absolute Gasteiger partial charge is 0.380 e. The summed E-state index contributed by atoms with van der Waals surface area (Å²) in [6.07, 6.45) is 6.79. The Morgan fingerprint density at radius 2 is 2.19 bits per heavy atom. The van der Waals surface area contributed by atoms with Gasteiger partial charge in [0, 0.05) is 39.0 Å². The van der Waals surface area contributed by atoms with Crippen LogP contribution in [-0.2, 0) is 18.3 Å². The van der Waals surface area contributed by atoms with Gasteiger partial charge in [0.1, 0.15) is 0 Å². The van der Waals surface area contributed by atoms with Crippen LogP contribution in [0.1, 0.15) is 18.4 Å². The van der Waals surface area contributed by atoms with Crippen molar-refractivity contribution in [3.8, 4) is 11.1 Å². The van der Waals surface area contributed by atoms with Crippen molar-refractivity contribution in [3.63, 3.8) is 0 Å². The molecular weight excluding hydrogens is 262 g/mol. The third-order valence-electron chi connectivity index (χ3n) is 4.22. The predicted octanol–water partition coefficient (Wildman–Crippen LogP) is 2.70. The van der Waals surface area contributed by atoms with Crippen molar-refractivity contribution < 1.29 is 4.74 Å². The van der Waals surface area contributed by atoms with Gasteiger partial charge < -0.3 is 4.74 Å². The summed E-state index contributed by atoms with van der Waals surface area (Å²) in [6.45, 7) is 3.16. The Labute approximate surface area is 126 Å². The van der Waals surface area contributed by atoms with Crippen LogP contribution in [0.25, 0.3) is 11.1 Å². The minimum absolute atomic E-state index is 0.379. The maximum Gasteiger partial charge on any atom is 0.0698 e. The fourth-order valence-corrected chi connectivity index (χ4v) is 3.09. The Hall–Kier alpha value is -1.65. The number of rotatable bonds is 4. The second-order valence-electron chi connectivity index (χ2n) is 5.79. The van der Waals surface area contributed by atoms with E-state index in [1.807, 2.05) is 25.0 Å².